The van der Waals surface area contributed by atoms with Crippen LogP contribution < -0.4 is 10.6 Å². The number of pyridine rings is 1. The molecule has 104 valence electrons. The Labute approximate surface area is 121 Å². The molecule has 1 fully saturated rings. The van der Waals surface area contributed by atoms with E-state index >= 15 is 0 Å². The summed E-state index contributed by atoms with van der Waals surface area (Å²) < 4.78 is 1.80. The van der Waals surface area contributed by atoms with Gasteiger partial charge in [0.25, 0.3) is 5.91 Å². The molecule has 0 aromatic carbocycles. The molecule has 2 aromatic heterocycles. The number of aromatic nitrogens is 3. The number of hydrogen-bond donors (Lipinski definition) is 1. The number of carbonyl (C=O) groups is 1. The van der Waals surface area contributed by atoms with Crippen LogP contribution in [-0.4, -0.2) is 33.8 Å². The van der Waals surface area contributed by atoms with Gasteiger partial charge in [-0.3, -0.25) is 14.5 Å². The molecular weight excluding hydrogens is 278 g/mol. The summed E-state index contributed by atoms with van der Waals surface area (Å²) in [5.74, 6) is -0.455. The van der Waals surface area contributed by atoms with Crippen molar-refractivity contribution in [2.45, 2.75) is 12.5 Å². The molecule has 20 heavy (non-hydrogen) atoms. The van der Waals surface area contributed by atoms with Gasteiger partial charge in [-0.15, -0.1) is 0 Å². The van der Waals surface area contributed by atoms with E-state index in [1.807, 2.05) is 6.07 Å². The minimum Gasteiger partial charge on any atom is -0.368 e. The van der Waals surface area contributed by atoms with Crippen LogP contribution in [0.15, 0.2) is 30.9 Å². The first-order valence-electron chi connectivity index (χ1n) is 6.33. The monoisotopic (exact) mass is 291 g/mol. The smallest absolute Gasteiger partial charge is 0.251 e. The maximum Gasteiger partial charge on any atom is 0.251 e. The van der Waals surface area contributed by atoms with Crippen LogP contribution in [0.25, 0.3) is 0 Å². The van der Waals surface area contributed by atoms with Gasteiger partial charge in [-0.25, -0.2) is 0 Å². The number of carbonyl (C=O) groups excluding carboxylic acids is 1. The van der Waals surface area contributed by atoms with E-state index in [0.29, 0.717) is 10.6 Å². The lowest BCUT2D eigenvalue weighted by atomic mass is 10.2. The predicted octanol–water partition coefficient (Wildman–Crippen LogP) is 1.48. The van der Waals surface area contributed by atoms with Crippen molar-refractivity contribution in [1.82, 2.24) is 14.8 Å². The van der Waals surface area contributed by atoms with E-state index in [-0.39, 0.29) is 6.04 Å². The van der Waals surface area contributed by atoms with Gasteiger partial charge in [0, 0.05) is 31.7 Å². The van der Waals surface area contributed by atoms with Crippen molar-refractivity contribution in [3.05, 3.63) is 41.4 Å². The minimum atomic E-state index is -0.455. The van der Waals surface area contributed by atoms with Gasteiger partial charge in [0.15, 0.2) is 0 Å². The molecule has 3 rings (SSSR count). The van der Waals surface area contributed by atoms with Gasteiger partial charge in [-0.2, -0.15) is 5.10 Å². The summed E-state index contributed by atoms with van der Waals surface area (Å²) in [4.78, 5) is 17.3. The van der Waals surface area contributed by atoms with Crippen LogP contribution in [-0.2, 0) is 0 Å². The number of amides is 1. The van der Waals surface area contributed by atoms with Crippen molar-refractivity contribution in [3.63, 3.8) is 0 Å². The second kappa shape index (κ2) is 5.13. The number of nitrogens with two attached hydrogens (primary N) is 1. The molecule has 3 heterocycles. The fourth-order valence-electron chi connectivity index (χ4n) is 2.47. The van der Waals surface area contributed by atoms with Crippen LogP contribution in [0.5, 0.6) is 0 Å². The van der Waals surface area contributed by atoms with Gasteiger partial charge in [-0.1, -0.05) is 11.6 Å². The molecule has 1 unspecified atom stereocenters. The Hall–Kier alpha value is -2.08. The Kier molecular flexibility index (Phi) is 3.31. The van der Waals surface area contributed by atoms with Gasteiger partial charge < -0.3 is 10.6 Å². The quantitative estimate of drug-likeness (QED) is 0.929. The molecule has 1 amide bonds. The lowest BCUT2D eigenvalue weighted by Gasteiger charge is -2.19. The third-order valence-corrected chi connectivity index (χ3v) is 3.81. The van der Waals surface area contributed by atoms with Crippen molar-refractivity contribution in [2.24, 2.45) is 5.73 Å². The van der Waals surface area contributed by atoms with E-state index in [4.69, 9.17) is 17.3 Å². The molecule has 0 aliphatic carbocycles. The Morgan fingerprint density at radius 1 is 1.45 bits per heavy atom. The van der Waals surface area contributed by atoms with Crippen LogP contribution in [0.1, 0.15) is 22.8 Å². The maximum absolute atomic E-state index is 11.1. The Bertz CT molecular complexity index is 641. The van der Waals surface area contributed by atoms with Gasteiger partial charge in [0.1, 0.15) is 0 Å². The molecule has 0 radical (unpaired) electrons. The molecular formula is C13H14ClN5O. The SMILES string of the molecule is NC(=O)c1cnn(C2CCN(c3ccncc3Cl)C2)c1. The van der Waals surface area contributed by atoms with Crippen LogP contribution in [0.2, 0.25) is 5.02 Å². The van der Waals surface area contributed by atoms with Gasteiger partial charge in [-0.05, 0) is 12.5 Å². The van der Waals surface area contributed by atoms with Crippen molar-refractivity contribution >= 4 is 23.2 Å². The standard InChI is InChI=1S/C13H14ClN5O/c14-11-6-16-3-1-12(11)18-4-2-10(8-18)19-7-9(5-17-19)13(15)20/h1,3,5-7,10H,2,4,8H2,(H2,15,20). The second-order valence-electron chi connectivity index (χ2n) is 4.79. The van der Waals surface area contributed by atoms with Gasteiger partial charge >= 0.3 is 0 Å². The number of halogens is 1. The molecule has 0 saturated carbocycles. The number of anilines is 1. The second-order valence-corrected chi connectivity index (χ2v) is 5.20. The molecule has 0 bridgehead atoms. The molecule has 7 heteroatoms. The first-order valence-corrected chi connectivity index (χ1v) is 6.71. The number of rotatable bonds is 3. The summed E-state index contributed by atoms with van der Waals surface area (Å²) in [7, 11) is 0. The number of primary amides is 1. The van der Waals surface area contributed by atoms with Crippen LogP contribution >= 0.6 is 11.6 Å². The zero-order chi connectivity index (χ0) is 14.1. The highest BCUT2D eigenvalue weighted by Crippen LogP contribution is 2.31. The Morgan fingerprint density at radius 3 is 3.00 bits per heavy atom. The van der Waals surface area contributed by atoms with Gasteiger partial charge in [0.2, 0.25) is 0 Å². The maximum atomic E-state index is 11.1. The number of hydrogen-bond acceptors (Lipinski definition) is 4. The first kappa shape index (κ1) is 12.9. The molecule has 1 aliphatic rings. The summed E-state index contributed by atoms with van der Waals surface area (Å²) >= 11 is 6.16. The average molecular weight is 292 g/mol. The molecule has 1 aliphatic heterocycles. The summed E-state index contributed by atoms with van der Waals surface area (Å²) in [5, 5.41) is 4.86. The third-order valence-electron chi connectivity index (χ3n) is 3.52. The highest BCUT2D eigenvalue weighted by molar-refractivity contribution is 6.33. The lowest BCUT2D eigenvalue weighted by molar-refractivity contribution is 0.1000. The molecule has 0 spiro atoms. The number of nitrogens with zero attached hydrogens (tertiary/aromatic N) is 4. The normalized spacial score (nSPS) is 18.4. The predicted molar refractivity (Wildman–Crippen MR) is 75.9 cm³/mol. The van der Waals surface area contributed by atoms with E-state index in [0.717, 1.165) is 25.2 Å². The fraction of sp³-hybridized carbons (Fsp3) is 0.308. The summed E-state index contributed by atoms with van der Waals surface area (Å²) in [6.45, 7) is 1.68. The fourth-order valence-corrected chi connectivity index (χ4v) is 2.70. The van der Waals surface area contributed by atoms with Crippen LogP contribution in [0.4, 0.5) is 5.69 Å². The average Bonchev–Trinajstić information content (AvgIpc) is 3.08. The topological polar surface area (TPSA) is 77.0 Å². The summed E-state index contributed by atoms with van der Waals surface area (Å²) in [6, 6.07) is 2.12. The van der Waals surface area contributed by atoms with E-state index in [1.165, 1.54) is 6.20 Å². The summed E-state index contributed by atoms with van der Waals surface area (Å²) in [6.07, 6.45) is 7.52. The Balaban J connectivity index is 1.76. The highest BCUT2D eigenvalue weighted by Gasteiger charge is 2.26. The lowest BCUT2D eigenvalue weighted by Crippen LogP contribution is -2.21. The largest absolute Gasteiger partial charge is 0.368 e. The van der Waals surface area contributed by atoms with E-state index in [2.05, 4.69) is 15.0 Å². The summed E-state index contributed by atoms with van der Waals surface area (Å²) in [5.41, 5.74) is 6.65. The van der Waals surface area contributed by atoms with Crippen LogP contribution in [0, 0.1) is 0 Å². The minimum absolute atomic E-state index is 0.215. The van der Waals surface area contributed by atoms with Crippen LogP contribution in [0.3, 0.4) is 0 Å². The molecule has 1 saturated heterocycles. The first-order chi connectivity index (χ1) is 9.65. The third kappa shape index (κ3) is 2.34. The van der Waals surface area contributed by atoms with Gasteiger partial charge in [0.05, 0.1) is 28.5 Å². The molecule has 2 aromatic rings. The van der Waals surface area contributed by atoms with E-state index < -0.39 is 5.91 Å². The zero-order valence-electron chi connectivity index (χ0n) is 10.7. The van der Waals surface area contributed by atoms with Crippen molar-refractivity contribution in [3.8, 4) is 0 Å². The van der Waals surface area contributed by atoms with Crippen molar-refractivity contribution in [2.75, 3.05) is 18.0 Å². The molecule has 6 nitrogen and oxygen atoms in total. The van der Waals surface area contributed by atoms with E-state index in [9.17, 15) is 4.79 Å². The van der Waals surface area contributed by atoms with Crippen molar-refractivity contribution in [1.29, 1.82) is 0 Å². The zero-order valence-corrected chi connectivity index (χ0v) is 11.5. The molecule has 1 atom stereocenters. The highest BCUT2D eigenvalue weighted by atomic mass is 35.5. The Morgan fingerprint density at radius 2 is 2.30 bits per heavy atom. The van der Waals surface area contributed by atoms with Crippen molar-refractivity contribution < 1.29 is 4.79 Å². The van der Waals surface area contributed by atoms with E-state index in [1.54, 1.807) is 23.3 Å². The molecule has 2 N–H and O–H groups in total.